The van der Waals surface area contributed by atoms with E-state index in [0.717, 1.165) is 24.1 Å². The Morgan fingerprint density at radius 3 is 3.17 bits per heavy atom. The van der Waals surface area contributed by atoms with Gasteiger partial charge in [-0.2, -0.15) is 0 Å². The van der Waals surface area contributed by atoms with Crippen molar-refractivity contribution in [3.63, 3.8) is 0 Å². The molecule has 0 fully saturated rings. The average Bonchev–Trinajstić information content (AvgIpc) is 3.05. The van der Waals surface area contributed by atoms with Crippen LogP contribution in [0.4, 0.5) is 5.69 Å². The van der Waals surface area contributed by atoms with E-state index in [4.69, 9.17) is 4.42 Å². The fourth-order valence-corrected chi connectivity index (χ4v) is 2.64. The Morgan fingerprint density at radius 1 is 1.17 bits per heavy atom. The molecular formula is C15H12N2O. The fourth-order valence-electron chi connectivity index (χ4n) is 2.64. The summed E-state index contributed by atoms with van der Waals surface area (Å²) in [6.45, 7) is 1.03. The molecule has 4 rings (SSSR count). The van der Waals surface area contributed by atoms with Crippen molar-refractivity contribution in [2.45, 2.75) is 6.42 Å². The van der Waals surface area contributed by atoms with Gasteiger partial charge in [-0.05, 0) is 41.3 Å². The number of benzene rings is 2. The summed E-state index contributed by atoms with van der Waals surface area (Å²) in [5.41, 5.74) is 6.91. The van der Waals surface area contributed by atoms with Gasteiger partial charge in [0.2, 0.25) is 0 Å². The average molecular weight is 236 g/mol. The van der Waals surface area contributed by atoms with Gasteiger partial charge in [-0.3, -0.25) is 0 Å². The Balaban J connectivity index is 1.94. The summed E-state index contributed by atoms with van der Waals surface area (Å²) in [5.74, 6) is 0. The molecule has 3 nitrogen and oxygen atoms in total. The smallest absolute Gasteiger partial charge is 0.181 e. The standard InChI is InChI=1S/C15H12N2O/c1-2-11(12-6-7-16-13(12)3-1)10-4-5-15-14(8-10)17-9-18-15/h1-5,8-9,16H,6-7H2. The zero-order chi connectivity index (χ0) is 11.9. The summed E-state index contributed by atoms with van der Waals surface area (Å²) >= 11 is 0. The number of anilines is 1. The largest absolute Gasteiger partial charge is 0.443 e. The van der Waals surface area contributed by atoms with E-state index in [1.165, 1.54) is 28.8 Å². The molecule has 2 aromatic carbocycles. The third kappa shape index (κ3) is 1.34. The third-order valence-corrected chi connectivity index (χ3v) is 3.51. The SMILES string of the molecule is c1cc2c(c(-c3ccc4ocnc4c3)c1)CCN2. The van der Waals surface area contributed by atoms with Gasteiger partial charge in [0.25, 0.3) is 0 Å². The Kier molecular flexibility index (Phi) is 1.94. The first-order chi connectivity index (χ1) is 8.92. The van der Waals surface area contributed by atoms with Gasteiger partial charge in [-0.1, -0.05) is 18.2 Å². The molecule has 1 N–H and O–H groups in total. The maximum absolute atomic E-state index is 5.28. The molecule has 3 aromatic rings. The molecule has 0 aliphatic carbocycles. The van der Waals surface area contributed by atoms with Crippen molar-refractivity contribution in [1.82, 2.24) is 4.98 Å². The van der Waals surface area contributed by atoms with Crippen LogP contribution in [0.5, 0.6) is 0 Å². The molecule has 0 radical (unpaired) electrons. The monoisotopic (exact) mass is 236 g/mol. The molecule has 18 heavy (non-hydrogen) atoms. The first kappa shape index (κ1) is 9.71. The molecule has 0 spiro atoms. The quantitative estimate of drug-likeness (QED) is 0.703. The normalized spacial score (nSPS) is 13.6. The number of hydrogen-bond donors (Lipinski definition) is 1. The highest BCUT2D eigenvalue weighted by Gasteiger charge is 2.15. The van der Waals surface area contributed by atoms with E-state index >= 15 is 0 Å². The fraction of sp³-hybridized carbons (Fsp3) is 0.133. The van der Waals surface area contributed by atoms with Crippen LogP contribution in [0.3, 0.4) is 0 Å². The van der Waals surface area contributed by atoms with Crippen LogP contribution in [-0.4, -0.2) is 11.5 Å². The summed E-state index contributed by atoms with van der Waals surface area (Å²) in [6, 6.07) is 12.6. The van der Waals surface area contributed by atoms with Crippen LogP contribution in [0.1, 0.15) is 5.56 Å². The molecule has 0 saturated heterocycles. The lowest BCUT2D eigenvalue weighted by atomic mass is 9.98. The van der Waals surface area contributed by atoms with Crippen LogP contribution in [0.2, 0.25) is 0 Å². The second kappa shape index (κ2) is 3.60. The highest BCUT2D eigenvalue weighted by Crippen LogP contribution is 2.33. The van der Waals surface area contributed by atoms with E-state index in [2.05, 4.69) is 40.6 Å². The van der Waals surface area contributed by atoms with E-state index < -0.39 is 0 Å². The highest BCUT2D eigenvalue weighted by atomic mass is 16.3. The molecule has 1 aliphatic rings. The van der Waals surface area contributed by atoms with Crippen molar-refractivity contribution >= 4 is 16.8 Å². The van der Waals surface area contributed by atoms with Crippen LogP contribution < -0.4 is 5.32 Å². The van der Waals surface area contributed by atoms with Gasteiger partial charge in [0.1, 0.15) is 5.52 Å². The van der Waals surface area contributed by atoms with Gasteiger partial charge in [-0.25, -0.2) is 4.98 Å². The lowest BCUT2D eigenvalue weighted by molar-refractivity contribution is 0.602. The van der Waals surface area contributed by atoms with E-state index in [0.29, 0.717) is 0 Å². The predicted molar refractivity (Wildman–Crippen MR) is 71.6 cm³/mol. The molecule has 0 unspecified atom stereocenters. The van der Waals surface area contributed by atoms with Crippen molar-refractivity contribution in [3.8, 4) is 11.1 Å². The molecule has 1 aliphatic heterocycles. The lowest BCUT2D eigenvalue weighted by Gasteiger charge is -2.07. The maximum Gasteiger partial charge on any atom is 0.181 e. The number of nitrogens with zero attached hydrogens (tertiary/aromatic N) is 1. The molecule has 0 amide bonds. The Labute approximate surface area is 104 Å². The number of rotatable bonds is 1. The minimum Gasteiger partial charge on any atom is -0.443 e. The van der Waals surface area contributed by atoms with Crippen LogP contribution in [-0.2, 0) is 6.42 Å². The molecule has 0 bridgehead atoms. The van der Waals surface area contributed by atoms with Crippen molar-refractivity contribution in [2.75, 3.05) is 11.9 Å². The summed E-state index contributed by atoms with van der Waals surface area (Å²) in [5, 5.41) is 3.41. The van der Waals surface area contributed by atoms with Crippen molar-refractivity contribution in [3.05, 3.63) is 48.4 Å². The third-order valence-electron chi connectivity index (χ3n) is 3.51. The first-order valence-corrected chi connectivity index (χ1v) is 6.11. The van der Waals surface area contributed by atoms with Crippen molar-refractivity contribution in [1.29, 1.82) is 0 Å². The Hall–Kier alpha value is -2.29. The van der Waals surface area contributed by atoms with Gasteiger partial charge in [0, 0.05) is 12.2 Å². The van der Waals surface area contributed by atoms with Crippen LogP contribution in [0.25, 0.3) is 22.2 Å². The van der Waals surface area contributed by atoms with Gasteiger partial charge in [0.15, 0.2) is 12.0 Å². The topological polar surface area (TPSA) is 38.1 Å². The lowest BCUT2D eigenvalue weighted by Crippen LogP contribution is -1.90. The molecule has 0 saturated carbocycles. The second-order valence-electron chi connectivity index (χ2n) is 4.54. The molecule has 0 atom stereocenters. The number of nitrogens with one attached hydrogen (secondary N) is 1. The molecule has 2 heterocycles. The Bertz CT molecular complexity index is 730. The van der Waals surface area contributed by atoms with Gasteiger partial charge >= 0.3 is 0 Å². The maximum atomic E-state index is 5.28. The van der Waals surface area contributed by atoms with Gasteiger partial charge < -0.3 is 9.73 Å². The Morgan fingerprint density at radius 2 is 2.17 bits per heavy atom. The number of fused-ring (bicyclic) bond motifs is 2. The number of oxazole rings is 1. The van der Waals surface area contributed by atoms with E-state index in [9.17, 15) is 0 Å². The van der Waals surface area contributed by atoms with E-state index in [1.807, 2.05) is 6.07 Å². The van der Waals surface area contributed by atoms with E-state index in [-0.39, 0.29) is 0 Å². The van der Waals surface area contributed by atoms with Gasteiger partial charge in [0.05, 0.1) is 0 Å². The van der Waals surface area contributed by atoms with Crippen LogP contribution in [0, 0.1) is 0 Å². The zero-order valence-electron chi connectivity index (χ0n) is 9.81. The van der Waals surface area contributed by atoms with Crippen molar-refractivity contribution < 1.29 is 4.42 Å². The number of hydrogen-bond acceptors (Lipinski definition) is 3. The van der Waals surface area contributed by atoms with Crippen LogP contribution in [0.15, 0.2) is 47.2 Å². The molecule has 88 valence electrons. The predicted octanol–water partition coefficient (Wildman–Crippen LogP) is 3.46. The van der Waals surface area contributed by atoms with Crippen molar-refractivity contribution in [2.24, 2.45) is 0 Å². The summed E-state index contributed by atoms with van der Waals surface area (Å²) in [7, 11) is 0. The minimum atomic E-state index is 0.837. The molecule has 3 heteroatoms. The summed E-state index contributed by atoms with van der Waals surface area (Å²) < 4.78 is 5.28. The summed E-state index contributed by atoms with van der Waals surface area (Å²) in [4.78, 5) is 4.22. The number of aromatic nitrogens is 1. The second-order valence-corrected chi connectivity index (χ2v) is 4.54. The minimum absolute atomic E-state index is 0.837. The summed E-state index contributed by atoms with van der Waals surface area (Å²) in [6.07, 6.45) is 2.58. The van der Waals surface area contributed by atoms with Crippen LogP contribution >= 0.6 is 0 Å². The highest BCUT2D eigenvalue weighted by molar-refractivity contribution is 5.83. The molecule has 1 aromatic heterocycles. The molecular weight excluding hydrogens is 224 g/mol. The zero-order valence-corrected chi connectivity index (χ0v) is 9.81. The van der Waals surface area contributed by atoms with E-state index in [1.54, 1.807) is 0 Å². The first-order valence-electron chi connectivity index (χ1n) is 6.11. The van der Waals surface area contributed by atoms with Gasteiger partial charge in [-0.15, -0.1) is 0 Å².